The van der Waals surface area contributed by atoms with Gasteiger partial charge in [0.25, 0.3) is 5.69 Å². The highest BCUT2D eigenvalue weighted by Crippen LogP contribution is 2.39. The number of hydrogen-bond acceptors (Lipinski definition) is 3. The van der Waals surface area contributed by atoms with Gasteiger partial charge in [0.15, 0.2) is 0 Å². The molecule has 0 aliphatic rings. The summed E-state index contributed by atoms with van der Waals surface area (Å²) in [5, 5.41) is 10.6. The van der Waals surface area contributed by atoms with Crippen LogP contribution in [0.25, 0.3) is 0 Å². The first-order valence-corrected chi connectivity index (χ1v) is 4.81. The first-order chi connectivity index (χ1) is 7.29. The van der Waals surface area contributed by atoms with Gasteiger partial charge in [-0.05, 0) is 28.1 Å². The molecule has 0 fully saturated rings. The van der Waals surface area contributed by atoms with Crippen LogP contribution in [0.3, 0.4) is 0 Å². The summed E-state index contributed by atoms with van der Waals surface area (Å²) in [6.45, 7) is -0.551. The minimum absolute atomic E-state index is 0.0223. The molecule has 4 nitrogen and oxygen atoms in total. The molecule has 1 rings (SSSR count). The third-order valence-corrected chi connectivity index (χ3v) is 2.57. The molecular formula is C8H6BrF3N2O2. The highest BCUT2D eigenvalue weighted by atomic mass is 79.9. The van der Waals surface area contributed by atoms with E-state index in [0.717, 1.165) is 12.1 Å². The fourth-order valence-electron chi connectivity index (χ4n) is 1.28. The van der Waals surface area contributed by atoms with Crippen molar-refractivity contribution in [2.75, 3.05) is 0 Å². The minimum Gasteiger partial charge on any atom is -0.326 e. The fourth-order valence-corrected chi connectivity index (χ4v) is 1.79. The van der Waals surface area contributed by atoms with Crippen LogP contribution in [0.2, 0.25) is 0 Å². The van der Waals surface area contributed by atoms with Gasteiger partial charge in [-0.3, -0.25) is 10.1 Å². The first kappa shape index (κ1) is 12.9. The highest BCUT2D eigenvalue weighted by Gasteiger charge is 2.37. The summed E-state index contributed by atoms with van der Waals surface area (Å²) >= 11 is 2.82. The molecule has 0 heterocycles. The second-order valence-corrected chi connectivity index (χ2v) is 3.74. The molecule has 0 saturated heterocycles. The number of nitro benzene ring substituents is 1. The van der Waals surface area contributed by atoms with Crippen LogP contribution >= 0.6 is 15.9 Å². The Balaban J connectivity index is 3.56. The third-order valence-electron chi connectivity index (χ3n) is 1.93. The number of halogens is 4. The second-order valence-electron chi connectivity index (χ2n) is 2.88. The predicted molar refractivity (Wildman–Crippen MR) is 53.7 cm³/mol. The third kappa shape index (κ3) is 2.33. The lowest BCUT2D eigenvalue weighted by Crippen LogP contribution is -2.14. The van der Waals surface area contributed by atoms with Crippen molar-refractivity contribution >= 4 is 21.6 Å². The van der Waals surface area contributed by atoms with Gasteiger partial charge in [0.2, 0.25) is 0 Å². The fraction of sp³-hybridized carbons (Fsp3) is 0.250. The van der Waals surface area contributed by atoms with E-state index in [0.29, 0.717) is 0 Å². The second kappa shape index (κ2) is 4.38. The van der Waals surface area contributed by atoms with E-state index in [-0.39, 0.29) is 4.47 Å². The number of hydrogen-bond donors (Lipinski definition) is 1. The van der Waals surface area contributed by atoms with E-state index in [4.69, 9.17) is 5.73 Å². The molecule has 8 heteroatoms. The van der Waals surface area contributed by atoms with Gasteiger partial charge in [-0.1, -0.05) is 0 Å². The molecule has 0 spiro atoms. The molecule has 0 amide bonds. The van der Waals surface area contributed by atoms with Gasteiger partial charge < -0.3 is 5.73 Å². The quantitative estimate of drug-likeness (QED) is 0.674. The molecular weight excluding hydrogens is 293 g/mol. The Labute approximate surface area is 96.5 Å². The number of nitrogens with two attached hydrogens (primary N) is 1. The molecule has 0 unspecified atom stereocenters. The Morgan fingerprint density at radius 2 is 2.00 bits per heavy atom. The van der Waals surface area contributed by atoms with E-state index in [1.165, 1.54) is 0 Å². The van der Waals surface area contributed by atoms with E-state index < -0.39 is 34.5 Å². The van der Waals surface area contributed by atoms with E-state index in [1.54, 1.807) is 0 Å². The minimum atomic E-state index is -4.65. The lowest BCUT2D eigenvalue weighted by molar-refractivity contribution is -0.386. The zero-order valence-corrected chi connectivity index (χ0v) is 9.30. The molecule has 1 aromatic carbocycles. The molecule has 16 heavy (non-hydrogen) atoms. The monoisotopic (exact) mass is 298 g/mol. The van der Waals surface area contributed by atoms with Crippen LogP contribution < -0.4 is 5.73 Å². The summed E-state index contributed by atoms with van der Waals surface area (Å²) in [5.41, 5.74) is 2.89. The molecule has 1 aromatic rings. The van der Waals surface area contributed by atoms with Crippen molar-refractivity contribution in [2.24, 2.45) is 5.73 Å². The van der Waals surface area contributed by atoms with Crippen molar-refractivity contribution < 1.29 is 18.1 Å². The summed E-state index contributed by atoms with van der Waals surface area (Å²) in [6.07, 6.45) is -4.65. The largest absolute Gasteiger partial charge is 0.416 e. The summed E-state index contributed by atoms with van der Waals surface area (Å²) in [5.74, 6) is 0. The van der Waals surface area contributed by atoms with E-state index in [9.17, 15) is 23.3 Å². The molecule has 0 aliphatic heterocycles. The molecule has 88 valence electrons. The van der Waals surface area contributed by atoms with Crippen LogP contribution in [0.15, 0.2) is 16.6 Å². The maximum Gasteiger partial charge on any atom is 0.416 e. The van der Waals surface area contributed by atoms with Crippen LogP contribution in [0.5, 0.6) is 0 Å². The van der Waals surface area contributed by atoms with Crippen LogP contribution in [-0.4, -0.2) is 4.92 Å². The van der Waals surface area contributed by atoms with Crippen molar-refractivity contribution in [3.05, 3.63) is 37.8 Å². The lowest BCUT2D eigenvalue weighted by atomic mass is 10.1. The van der Waals surface area contributed by atoms with E-state index in [2.05, 4.69) is 15.9 Å². The Morgan fingerprint density at radius 1 is 1.44 bits per heavy atom. The normalized spacial score (nSPS) is 11.6. The van der Waals surface area contributed by atoms with Crippen molar-refractivity contribution in [1.82, 2.24) is 0 Å². The van der Waals surface area contributed by atoms with E-state index >= 15 is 0 Å². The van der Waals surface area contributed by atoms with Gasteiger partial charge in [-0.2, -0.15) is 13.2 Å². The van der Waals surface area contributed by atoms with Crippen molar-refractivity contribution in [3.63, 3.8) is 0 Å². The summed E-state index contributed by atoms with van der Waals surface area (Å²) in [7, 11) is 0. The van der Waals surface area contributed by atoms with Crippen LogP contribution in [-0.2, 0) is 12.7 Å². The zero-order chi connectivity index (χ0) is 12.5. The van der Waals surface area contributed by atoms with Crippen molar-refractivity contribution in [2.45, 2.75) is 12.7 Å². The van der Waals surface area contributed by atoms with E-state index in [1.807, 2.05) is 0 Å². The Morgan fingerprint density at radius 3 is 2.38 bits per heavy atom. The van der Waals surface area contributed by atoms with Gasteiger partial charge >= 0.3 is 6.18 Å². The summed E-state index contributed by atoms with van der Waals surface area (Å²) in [4.78, 5) is 9.75. The van der Waals surface area contributed by atoms with Crippen molar-refractivity contribution in [1.29, 1.82) is 0 Å². The van der Waals surface area contributed by atoms with Crippen molar-refractivity contribution in [3.8, 4) is 0 Å². The number of benzene rings is 1. The number of alkyl halides is 3. The standard InChI is InChI=1S/C8H6BrF3N2O2/c9-6-2-1-5(8(10,11)12)4(3-13)7(6)14(15)16/h1-2H,3,13H2. The van der Waals surface area contributed by atoms with Crippen LogP contribution in [0.4, 0.5) is 18.9 Å². The summed E-state index contributed by atoms with van der Waals surface area (Å²) in [6, 6.07) is 1.75. The average molecular weight is 299 g/mol. The number of rotatable bonds is 2. The number of nitro groups is 1. The van der Waals surface area contributed by atoms with Gasteiger partial charge in [-0.25, -0.2) is 0 Å². The van der Waals surface area contributed by atoms with Gasteiger partial charge in [-0.15, -0.1) is 0 Å². The molecule has 0 atom stereocenters. The van der Waals surface area contributed by atoms with Gasteiger partial charge in [0, 0.05) is 6.54 Å². The summed E-state index contributed by atoms with van der Waals surface area (Å²) < 4.78 is 37.5. The number of nitrogens with zero attached hydrogens (tertiary/aromatic N) is 1. The smallest absolute Gasteiger partial charge is 0.326 e. The maximum absolute atomic E-state index is 12.5. The predicted octanol–water partition coefficient (Wildman–Crippen LogP) is 2.83. The average Bonchev–Trinajstić information content (AvgIpc) is 2.14. The molecule has 0 aliphatic carbocycles. The SMILES string of the molecule is NCc1c(C(F)(F)F)ccc(Br)c1[N+](=O)[O-]. The zero-order valence-electron chi connectivity index (χ0n) is 7.71. The Kier molecular flexibility index (Phi) is 3.54. The lowest BCUT2D eigenvalue weighted by Gasteiger charge is -2.12. The van der Waals surface area contributed by atoms with Gasteiger partial charge in [0.1, 0.15) is 0 Å². The van der Waals surface area contributed by atoms with Crippen LogP contribution in [0.1, 0.15) is 11.1 Å². The Bertz CT molecular complexity index is 434. The van der Waals surface area contributed by atoms with Gasteiger partial charge in [0.05, 0.1) is 20.5 Å². The maximum atomic E-state index is 12.5. The molecule has 0 bridgehead atoms. The first-order valence-electron chi connectivity index (χ1n) is 4.02. The molecule has 0 radical (unpaired) electrons. The molecule has 0 aromatic heterocycles. The Hall–Kier alpha value is -1.15. The highest BCUT2D eigenvalue weighted by molar-refractivity contribution is 9.10. The van der Waals surface area contributed by atoms with Crippen LogP contribution in [0, 0.1) is 10.1 Å². The molecule has 0 saturated carbocycles. The topological polar surface area (TPSA) is 69.2 Å². The molecule has 2 N–H and O–H groups in total.